The summed E-state index contributed by atoms with van der Waals surface area (Å²) < 4.78 is 5.66. The van der Waals surface area contributed by atoms with E-state index in [0.717, 1.165) is 0 Å². The molecule has 0 unspecified atom stereocenters. The summed E-state index contributed by atoms with van der Waals surface area (Å²) in [6.45, 7) is 5.25. The molecule has 2 aromatic rings. The van der Waals surface area contributed by atoms with E-state index in [9.17, 15) is 9.59 Å². The fraction of sp³-hybridized carbons (Fsp3) is 0.222. The van der Waals surface area contributed by atoms with Gasteiger partial charge in [0.05, 0.1) is 11.7 Å². The van der Waals surface area contributed by atoms with Crippen molar-refractivity contribution in [3.63, 3.8) is 0 Å². The molecular formula is C18H20N2O3. The van der Waals surface area contributed by atoms with Crippen LogP contribution in [0, 0.1) is 0 Å². The first-order valence-corrected chi connectivity index (χ1v) is 7.40. The molecule has 0 aromatic heterocycles. The minimum absolute atomic E-state index is 0.0213. The first-order valence-electron chi connectivity index (χ1n) is 7.40. The lowest BCUT2D eigenvalue weighted by Gasteiger charge is -2.14. The van der Waals surface area contributed by atoms with Crippen LogP contribution in [0.2, 0.25) is 0 Å². The summed E-state index contributed by atoms with van der Waals surface area (Å²) in [7, 11) is 0. The van der Waals surface area contributed by atoms with Crippen molar-refractivity contribution < 1.29 is 14.3 Å². The number of carbonyl (C=O) groups is 2. The monoisotopic (exact) mass is 312 g/mol. The molecule has 0 atom stereocenters. The Morgan fingerprint density at radius 2 is 1.61 bits per heavy atom. The van der Waals surface area contributed by atoms with E-state index in [1.807, 2.05) is 19.9 Å². The van der Waals surface area contributed by atoms with Crippen molar-refractivity contribution in [2.75, 3.05) is 10.6 Å². The molecule has 2 rings (SSSR count). The average molecular weight is 312 g/mol. The highest BCUT2D eigenvalue weighted by Gasteiger charge is 2.13. The van der Waals surface area contributed by atoms with E-state index in [2.05, 4.69) is 10.6 Å². The van der Waals surface area contributed by atoms with Gasteiger partial charge in [-0.2, -0.15) is 0 Å². The summed E-state index contributed by atoms with van der Waals surface area (Å²) in [5.41, 5.74) is 1.69. The number of anilines is 2. The SMILES string of the molecule is CC(=O)Nc1cccc(NC(=O)c2ccccc2OC(C)C)c1. The lowest BCUT2D eigenvalue weighted by atomic mass is 10.1. The number of hydrogen-bond acceptors (Lipinski definition) is 3. The number of ether oxygens (including phenoxy) is 1. The third-order valence-corrected chi connectivity index (χ3v) is 2.94. The first-order chi connectivity index (χ1) is 11.0. The van der Waals surface area contributed by atoms with Crippen LogP contribution < -0.4 is 15.4 Å². The van der Waals surface area contributed by atoms with Crippen LogP contribution in [-0.2, 0) is 4.79 Å². The van der Waals surface area contributed by atoms with E-state index in [-0.39, 0.29) is 17.9 Å². The molecule has 0 aliphatic rings. The first kappa shape index (κ1) is 16.5. The maximum Gasteiger partial charge on any atom is 0.259 e. The minimum Gasteiger partial charge on any atom is -0.490 e. The number of rotatable bonds is 5. The number of para-hydroxylation sites is 1. The van der Waals surface area contributed by atoms with Crippen LogP contribution >= 0.6 is 0 Å². The van der Waals surface area contributed by atoms with Crippen molar-refractivity contribution in [2.24, 2.45) is 0 Å². The summed E-state index contributed by atoms with van der Waals surface area (Å²) in [6, 6.07) is 14.1. The molecule has 0 saturated carbocycles. The van der Waals surface area contributed by atoms with Gasteiger partial charge in [-0.05, 0) is 44.2 Å². The maximum absolute atomic E-state index is 12.5. The van der Waals surface area contributed by atoms with Crippen molar-refractivity contribution in [1.29, 1.82) is 0 Å². The van der Waals surface area contributed by atoms with Gasteiger partial charge >= 0.3 is 0 Å². The second kappa shape index (κ2) is 7.45. The Morgan fingerprint density at radius 3 is 2.26 bits per heavy atom. The molecule has 2 aromatic carbocycles. The van der Waals surface area contributed by atoms with Crippen LogP contribution in [0.25, 0.3) is 0 Å². The molecule has 0 aliphatic heterocycles. The number of nitrogens with one attached hydrogen (secondary N) is 2. The Morgan fingerprint density at radius 1 is 0.957 bits per heavy atom. The highest BCUT2D eigenvalue weighted by Crippen LogP contribution is 2.22. The third-order valence-electron chi connectivity index (χ3n) is 2.94. The Labute approximate surface area is 135 Å². The topological polar surface area (TPSA) is 67.4 Å². The standard InChI is InChI=1S/C18H20N2O3/c1-12(2)23-17-10-5-4-9-16(17)18(22)20-15-8-6-7-14(11-15)19-13(3)21/h4-12H,1-3H3,(H,19,21)(H,20,22). The van der Waals surface area contributed by atoms with E-state index in [1.165, 1.54) is 6.92 Å². The lowest BCUT2D eigenvalue weighted by molar-refractivity contribution is -0.114. The van der Waals surface area contributed by atoms with Crippen LogP contribution in [0.3, 0.4) is 0 Å². The van der Waals surface area contributed by atoms with Gasteiger partial charge in [0, 0.05) is 18.3 Å². The predicted octanol–water partition coefficient (Wildman–Crippen LogP) is 3.68. The highest BCUT2D eigenvalue weighted by molar-refractivity contribution is 6.06. The fourth-order valence-corrected chi connectivity index (χ4v) is 2.09. The van der Waals surface area contributed by atoms with Gasteiger partial charge in [-0.1, -0.05) is 18.2 Å². The number of benzene rings is 2. The molecular weight excluding hydrogens is 292 g/mol. The molecule has 120 valence electrons. The van der Waals surface area contributed by atoms with Gasteiger partial charge in [0.2, 0.25) is 5.91 Å². The zero-order valence-corrected chi connectivity index (χ0v) is 13.4. The van der Waals surface area contributed by atoms with Crippen molar-refractivity contribution >= 4 is 23.2 Å². The van der Waals surface area contributed by atoms with Gasteiger partial charge in [-0.15, -0.1) is 0 Å². The molecule has 0 spiro atoms. The van der Waals surface area contributed by atoms with E-state index < -0.39 is 0 Å². The highest BCUT2D eigenvalue weighted by atomic mass is 16.5. The van der Waals surface area contributed by atoms with Gasteiger partial charge in [0.1, 0.15) is 5.75 Å². The van der Waals surface area contributed by atoms with Crippen LogP contribution in [0.4, 0.5) is 11.4 Å². The number of carbonyl (C=O) groups excluding carboxylic acids is 2. The van der Waals surface area contributed by atoms with Crippen LogP contribution in [-0.4, -0.2) is 17.9 Å². The zero-order chi connectivity index (χ0) is 16.8. The fourth-order valence-electron chi connectivity index (χ4n) is 2.09. The molecule has 0 radical (unpaired) electrons. The Kier molecular flexibility index (Phi) is 5.36. The van der Waals surface area contributed by atoms with E-state index in [4.69, 9.17) is 4.74 Å². The van der Waals surface area contributed by atoms with E-state index >= 15 is 0 Å². The predicted molar refractivity (Wildman–Crippen MR) is 90.9 cm³/mol. The summed E-state index contributed by atoms with van der Waals surface area (Å²) in [4.78, 5) is 23.6. The van der Waals surface area contributed by atoms with Gasteiger partial charge in [0.25, 0.3) is 5.91 Å². The summed E-state index contributed by atoms with van der Waals surface area (Å²) >= 11 is 0. The van der Waals surface area contributed by atoms with E-state index in [0.29, 0.717) is 22.7 Å². The maximum atomic E-state index is 12.5. The quantitative estimate of drug-likeness (QED) is 0.885. The van der Waals surface area contributed by atoms with Crippen molar-refractivity contribution in [3.05, 3.63) is 54.1 Å². The second-order valence-corrected chi connectivity index (χ2v) is 5.38. The van der Waals surface area contributed by atoms with Gasteiger partial charge in [0.15, 0.2) is 0 Å². The largest absolute Gasteiger partial charge is 0.490 e. The Hall–Kier alpha value is -2.82. The molecule has 0 aliphatic carbocycles. The van der Waals surface area contributed by atoms with Crippen molar-refractivity contribution in [3.8, 4) is 5.75 Å². The molecule has 2 N–H and O–H groups in total. The molecule has 5 heteroatoms. The second-order valence-electron chi connectivity index (χ2n) is 5.38. The third kappa shape index (κ3) is 4.85. The van der Waals surface area contributed by atoms with Crippen molar-refractivity contribution in [2.45, 2.75) is 26.9 Å². The Bertz CT molecular complexity index is 711. The smallest absolute Gasteiger partial charge is 0.259 e. The molecule has 23 heavy (non-hydrogen) atoms. The summed E-state index contributed by atoms with van der Waals surface area (Å²) in [6.07, 6.45) is -0.0213. The van der Waals surface area contributed by atoms with Gasteiger partial charge in [-0.25, -0.2) is 0 Å². The average Bonchev–Trinajstić information content (AvgIpc) is 2.46. The van der Waals surface area contributed by atoms with Crippen LogP contribution in [0.1, 0.15) is 31.1 Å². The zero-order valence-electron chi connectivity index (χ0n) is 13.4. The van der Waals surface area contributed by atoms with Crippen LogP contribution in [0.5, 0.6) is 5.75 Å². The molecule has 0 heterocycles. The molecule has 2 amide bonds. The van der Waals surface area contributed by atoms with Crippen molar-refractivity contribution in [1.82, 2.24) is 0 Å². The molecule has 0 saturated heterocycles. The Balaban J connectivity index is 2.18. The van der Waals surface area contributed by atoms with Gasteiger partial charge in [-0.3, -0.25) is 9.59 Å². The molecule has 5 nitrogen and oxygen atoms in total. The van der Waals surface area contributed by atoms with Gasteiger partial charge < -0.3 is 15.4 Å². The van der Waals surface area contributed by atoms with E-state index in [1.54, 1.807) is 42.5 Å². The lowest BCUT2D eigenvalue weighted by Crippen LogP contribution is -2.16. The number of hydrogen-bond donors (Lipinski definition) is 2. The minimum atomic E-state index is -0.263. The molecule has 0 fully saturated rings. The normalized spacial score (nSPS) is 10.3. The summed E-state index contributed by atoms with van der Waals surface area (Å²) in [5, 5.41) is 5.50. The summed E-state index contributed by atoms with van der Waals surface area (Å²) in [5.74, 6) is 0.114. The molecule has 0 bridgehead atoms. The van der Waals surface area contributed by atoms with Crippen LogP contribution in [0.15, 0.2) is 48.5 Å². The number of amides is 2.